The molecule has 1 aliphatic carbocycles. The second-order valence-electron chi connectivity index (χ2n) is 5.10. The number of carbonyl (C=O) groups is 2. The Bertz CT molecular complexity index is 341. The molecule has 6 nitrogen and oxygen atoms in total. The van der Waals surface area contributed by atoms with E-state index in [-0.39, 0.29) is 12.5 Å². The molecule has 0 aromatic heterocycles. The van der Waals surface area contributed by atoms with Gasteiger partial charge in [-0.25, -0.2) is 0 Å². The number of hydrogen-bond donors (Lipinski definition) is 2. The lowest BCUT2D eigenvalue weighted by Crippen LogP contribution is -2.43. The van der Waals surface area contributed by atoms with Gasteiger partial charge in [-0.15, -0.1) is 0 Å². The van der Waals surface area contributed by atoms with Gasteiger partial charge in [0.25, 0.3) is 0 Å². The maximum Gasteiger partial charge on any atom is 0.319 e. The first-order valence-corrected chi connectivity index (χ1v) is 6.46. The monoisotopic (exact) mass is 256 g/mol. The van der Waals surface area contributed by atoms with Crippen molar-refractivity contribution in [1.29, 1.82) is 0 Å². The van der Waals surface area contributed by atoms with E-state index in [4.69, 9.17) is 10.2 Å². The van der Waals surface area contributed by atoms with Crippen LogP contribution in [0.1, 0.15) is 19.3 Å². The molecular weight excluding hydrogens is 236 g/mol. The van der Waals surface area contributed by atoms with Crippen LogP contribution in [0.15, 0.2) is 0 Å². The molecule has 2 rings (SSSR count). The van der Waals surface area contributed by atoms with Crippen LogP contribution in [-0.2, 0) is 9.59 Å². The van der Waals surface area contributed by atoms with Crippen molar-refractivity contribution in [3.8, 4) is 0 Å². The SMILES string of the molecule is O=C(O)C1(C(=O)N2CCCN(CCO)CC2)CC1. The number of amides is 1. The number of aliphatic hydroxyl groups excluding tert-OH is 1. The van der Waals surface area contributed by atoms with Gasteiger partial charge in [-0.1, -0.05) is 0 Å². The Labute approximate surface area is 106 Å². The van der Waals surface area contributed by atoms with Gasteiger partial charge in [-0.2, -0.15) is 0 Å². The summed E-state index contributed by atoms with van der Waals surface area (Å²) in [4.78, 5) is 27.1. The Hall–Kier alpha value is -1.14. The molecule has 1 saturated heterocycles. The lowest BCUT2D eigenvalue weighted by atomic mass is 10.1. The molecule has 0 spiro atoms. The predicted octanol–water partition coefficient (Wildman–Crippen LogP) is -0.622. The van der Waals surface area contributed by atoms with Gasteiger partial charge in [0.2, 0.25) is 5.91 Å². The lowest BCUT2D eigenvalue weighted by Gasteiger charge is -2.24. The smallest absolute Gasteiger partial charge is 0.319 e. The summed E-state index contributed by atoms with van der Waals surface area (Å²) in [5.41, 5.74) is -1.12. The highest BCUT2D eigenvalue weighted by Gasteiger charge is 2.58. The first-order valence-electron chi connectivity index (χ1n) is 6.46. The van der Waals surface area contributed by atoms with Gasteiger partial charge in [-0.05, 0) is 25.8 Å². The van der Waals surface area contributed by atoms with E-state index in [0.29, 0.717) is 39.0 Å². The summed E-state index contributed by atoms with van der Waals surface area (Å²) in [5.74, 6) is -1.20. The fourth-order valence-corrected chi connectivity index (χ4v) is 2.49. The number of rotatable bonds is 4. The summed E-state index contributed by atoms with van der Waals surface area (Å²) in [6, 6.07) is 0. The molecule has 102 valence electrons. The van der Waals surface area contributed by atoms with Crippen LogP contribution in [0.2, 0.25) is 0 Å². The third-order valence-electron chi connectivity index (χ3n) is 3.86. The molecule has 2 fully saturated rings. The van der Waals surface area contributed by atoms with Crippen LogP contribution in [0.3, 0.4) is 0 Å². The van der Waals surface area contributed by atoms with Crippen LogP contribution in [-0.4, -0.2) is 71.2 Å². The summed E-state index contributed by atoms with van der Waals surface area (Å²) in [6.07, 6.45) is 1.78. The summed E-state index contributed by atoms with van der Waals surface area (Å²) in [6.45, 7) is 3.48. The third kappa shape index (κ3) is 2.49. The molecule has 0 radical (unpaired) electrons. The molecule has 0 aromatic rings. The van der Waals surface area contributed by atoms with Gasteiger partial charge in [0.05, 0.1) is 6.61 Å². The molecule has 0 atom stereocenters. The molecule has 1 aliphatic heterocycles. The molecule has 0 unspecified atom stereocenters. The predicted molar refractivity (Wildman–Crippen MR) is 64.0 cm³/mol. The highest BCUT2D eigenvalue weighted by Crippen LogP contribution is 2.47. The molecule has 0 aromatic carbocycles. The number of β-amino-alcohol motifs (C(OH)–C–C–N with tert-alkyl or cyclic N) is 1. The first kappa shape index (κ1) is 13.3. The third-order valence-corrected chi connectivity index (χ3v) is 3.86. The van der Waals surface area contributed by atoms with Gasteiger partial charge in [0.1, 0.15) is 5.41 Å². The topological polar surface area (TPSA) is 81.1 Å². The van der Waals surface area contributed by atoms with Gasteiger partial charge in [-0.3, -0.25) is 14.5 Å². The summed E-state index contributed by atoms with van der Waals surface area (Å²) in [7, 11) is 0. The van der Waals surface area contributed by atoms with E-state index >= 15 is 0 Å². The van der Waals surface area contributed by atoms with Crippen molar-refractivity contribution < 1.29 is 19.8 Å². The highest BCUT2D eigenvalue weighted by atomic mass is 16.4. The minimum absolute atomic E-state index is 0.118. The van der Waals surface area contributed by atoms with Crippen molar-refractivity contribution in [2.45, 2.75) is 19.3 Å². The summed E-state index contributed by atoms with van der Waals surface area (Å²) < 4.78 is 0. The summed E-state index contributed by atoms with van der Waals surface area (Å²) >= 11 is 0. The normalized spacial score (nSPS) is 23.5. The Morgan fingerprint density at radius 2 is 1.83 bits per heavy atom. The van der Waals surface area contributed by atoms with Crippen LogP contribution in [0.25, 0.3) is 0 Å². The zero-order valence-electron chi connectivity index (χ0n) is 10.5. The van der Waals surface area contributed by atoms with Crippen molar-refractivity contribution in [2.24, 2.45) is 5.41 Å². The number of carboxylic acid groups (broad SMARTS) is 1. The zero-order valence-corrected chi connectivity index (χ0v) is 10.5. The van der Waals surface area contributed by atoms with E-state index in [9.17, 15) is 9.59 Å². The molecule has 2 aliphatic rings. The van der Waals surface area contributed by atoms with Crippen LogP contribution in [0.4, 0.5) is 0 Å². The van der Waals surface area contributed by atoms with Crippen LogP contribution in [0.5, 0.6) is 0 Å². The van der Waals surface area contributed by atoms with Crippen LogP contribution in [0, 0.1) is 5.41 Å². The molecule has 1 heterocycles. The number of carbonyl (C=O) groups excluding carboxylic acids is 1. The second-order valence-corrected chi connectivity index (χ2v) is 5.10. The van der Waals surface area contributed by atoms with Crippen LogP contribution < -0.4 is 0 Å². The van der Waals surface area contributed by atoms with Gasteiger partial charge >= 0.3 is 5.97 Å². The standard InChI is InChI=1S/C12H20N2O4/c15-9-8-13-4-1-5-14(7-6-13)10(16)12(2-3-12)11(17)18/h15H,1-9H2,(H,17,18). The van der Waals surface area contributed by atoms with E-state index < -0.39 is 11.4 Å². The molecule has 2 N–H and O–H groups in total. The van der Waals surface area contributed by atoms with Crippen LogP contribution >= 0.6 is 0 Å². The Kier molecular flexibility index (Phi) is 3.87. The summed E-state index contributed by atoms with van der Waals surface area (Å²) in [5, 5.41) is 18.0. The Balaban J connectivity index is 1.94. The molecule has 6 heteroatoms. The first-order chi connectivity index (χ1) is 8.60. The van der Waals surface area contributed by atoms with E-state index in [1.165, 1.54) is 0 Å². The Morgan fingerprint density at radius 3 is 2.39 bits per heavy atom. The second kappa shape index (κ2) is 5.24. The van der Waals surface area contributed by atoms with Crippen molar-refractivity contribution in [1.82, 2.24) is 9.80 Å². The fraction of sp³-hybridized carbons (Fsp3) is 0.833. The van der Waals surface area contributed by atoms with E-state index in [2.05, 4.69) is 4.90 Å². The number of aliphatic carboxylic acids is 1. The molecule has 18 heavy (non-hydrogen) atoms. The average molecular weight is 256 g/mol. The average Bonchev–Trinajstić information content (AvgIpc) is 3.14. The number of nitrogens with zero attached hydrogens (tertiary/aromatic N) is 2. The fourth-order valence-electron chi connectivity index (χ4n) is 2.49. The minimum Gasteiger partial charge on any atom is -0.480 e. The van der Waals surface area contributed by atoms with Crippen molar-refractivity contribution in [3.63, 3.8) is 0 Å². The van der Waals surface area contributed by atoms with Crippen molar-refractivity contribution in [2.75, 3.05) is 39.3 Å². The largest absolute Gasteiger partial charge is 0.480 e. The van der Waals surface area contributed by atoms with Crippen molar-refractivity contribution in [3.05, 3.63) is 0 Å². The maximum atomic E-state index is 12.2. The van der Waals surface area contributed by atoms with Crippen molar-refractivity contribution >= 4 is 11.9 Å². The molecule has 0 bridgehead atoms. The van der Waals surface area contributed by atoms with Gasteiger partial charge in [0.15, 0.2) is 0 Å². The van der Waals surface area contributed by atoms with E-state index in [0.717, 1.165) is 13.0 Å². The molecule has 1 amide bonds. The lowest BCUT2D eigenvalue weighted by molar-refractivity contribution is -0.153. The minimum atomic E-state index is -1.12. The van der Waals surface area contributed by atoms with Gasteiger partial charge < -0.3 is 15.1 Å². The van der Waals surface area contributed by atoms with Gasteiger partial charge in [0, 0.05) is 26.2 Å². The number of hydrogen-bond acceptors (Lipinski definition) is 4. The number of carboxylic acids is 1. The highest BCUT2D eigenvalue weighted by molar-refractivity contribution is 6.04. The quantitative estimate of drug-likeness (QED) is 0.655. The molecular formula is C12H20N2O4. The maximum absolute atomic E-state index is 12.2. The Morgan fingerprint density at radius 1 is 1.11 bits per heavy atom. The number of aliphatic hydroxyl groups is 1. The zero-order chi connectivity index (χ0) is 13.2. The van der Waals surface area contributed by atoms with E-state index in [1.807, 2.05) is 0 Å². The van der Waals surface area contributed by atoms with E-state index in [1.54, 1.807) is 4.90 Å². The molecule has 1 saturated carbocycles.